The van der Waals surface area contributed by atoms with Crippen molar-refractivity contribution < 1.29 is 15.0 Å². The van der Waals surface area contributed by atoms with E-state index in [-0.39, 0.29) is 11.9 Å². The quantitative estimate of drug-likeness (QED) is 0.556. The fourth-order valence-electron chi connectivity index (χ4n) is 6.57. The molecule has 0 saturated heterocycles. The lowest BCUT2D eigenvalue weighted by Gasteiger charge is -2.44. The van der Waals surface area contributed by atoms with E-state index < -0.39 is 5.60 Å². The summed E-state index contributed by atoms with van der Waals surface area (Å²) in [4.78, 5) is 12.2. The van der Waals surface area contributed by atoms with Crippen LogP contribution in [-0.4, -0.2) is 27.7 Å². The molecule has 0 amide bonds. The minimum atomic E-state index is -0.555. The van der Waals surface area contributed by atoms with Crippen LogP contribution in [0.4, 0.5) is 0 Å². The minimum Gasteiger partial charge on any atom is -0.393 e. The zero-order chi connectivity index (χ0) is 21.2. The topological polar surface area (TPSA) is 57.5 Å². The Morgan fingerprint density at radius 2 is 1.97 bits per heavy atom. The third-order valence-electron chi connectivity index (χ3n) is 8.19. The highest BCUT2D eigenvalue weighted by Gasteiger charge is 2.50. The fourth-order valence-corrected chi connectivity index (χ4v) is 6.57. The SMILES string of the molecule is C[C@H](CCCC(C)(C)O)[C@H]1CC[C@H]2/C(=C/C=C3\C[C@H](O)CCC3=O)CCC[C@]12C. The van der Waals surface area contributed by atoms with Gasteiger partial charge < -0.3 is 10.2 Å². The zero-order valence-electron chi connectivity index (χ0n) is 19.0. The number of allylic oxidation sites excluding steroid dienone is 3. The first-order chi connectivity index (χ1) is 13.6. The molecule has 3 aliphatic rings. The predicted molar refractivity (Wildman–Crippen MR) is 119 cm³/mol. The van der Waals surface area contributed by atoms with E-state index in [1.165, 1.54) is 37.7 Å². The number of rotatable bonds is 6. The van der Waals surface area contributed by atoms with Crippen LogP contribution in [0.25, 0.3) is 0 Å². The molecule has 0 aromatic rings. The Morgan fingerprint density at radius 1 is 1.21 bits per heavy atom. The van der Waals surface area contributed by atoms with Crippen LogP contribution < -0.4 is 0 Å². The Bertz CT molecular complexity index is 653. The van der Waals surface area contributed by atoms with Crippen LogP contribution in [0, 0.1) is 23.2 Å². The molecule has 3 rings (SSSR count). The minimum absolute atomic E-state index is 0.218. The molecule has 164 valence electrons. The maximum absolute atomic E-state index is 12.2. The van der Waals surface area contributed by atoms with E-state index in [1.54, 1.807) is 0 Å². The summed E-state index contributed by atoms with van der Waals surface area (Å²) < 4.78 is 0. The van der Waals surface area contributed by atoms with Gasteiger partial charge >= 0.3 is 0 Å². The van der Waals surface area contributed by atoms with Crippen LogP contribution in [0.5, 0.6) is 0 Å². The Hall–Kier alpha value is -0.930. The lowest BCUT2D eigenvalue weighted by atomic mass is 9.60. The van der Waals surface area contributed by atoms with Gasteiger partial charge in [-0.2, -0.15) is 0 Å². The van der Waals surface area contributed by atoms with Crippen LogP contribution in [0.3, 0.4) is 0 Å². The van der Waals surface area contributed by atoms with E-state index in [0.717, 1.165) is 30.8 Å². The van der Waals surface area contributed by atoms with Crippen molar-refractivity contribution in [2.45, 2.75) is 110 Å². The predicted octanol–water partition coefficient (Wildman–Crippen LogP) is 5.75. The molecule has 0 aromatic carbocycles. The van der Waals surface area contributed by atoms with E-state index >= 15 is 0 Å². The summed E-state index contributed by atoms with van der Waals surface area (Å²) in [7, 11) is 0. The Kier molecular flexibility index (Phi) is 7.10. The number of ketones is 1. The van der Waals surface area contributed by atoms with Crippen molar-refractivity contribution in [3.05, 3.63) is 23.3 Å². The summed E-state index contributed by atoms with van der Waals surface area (Å²) in [5.41, 5.74) is 2.16. The molecule has 3 nitrogen and oxygen atoms in total. The van der Waals surface area contributed by atoms with Crippen LogP contribution in [0.2, 0.25) is 0 Å². The van der Waals surface area contributed by atoms with Gasteiger partial charge in [0.15, 0.2) is 5.78 Å². The average Bonchev–Trinajstić information content (AvgIpc) is 2.99. The smallest absolute Gasteiger partial charge is 0.159 e. The number of carbonyl (C=O) groups excluding carboxylic acids is 1. The highest BCUT2D eigenvalue weighted by Crippen LogP contribution is 2.59. The van der Waals surface area contributed by atoms with Gasteiger partial charge in [-0.3, -0.25) is 4.79 Å². The molecule has 3 aliphatic carbocycles. The molecular weight excluding hydrogens is 360 g/mol. The summed E-state index contributed by atoms with van der Waals surface area (Å²) in [5, 5.41) is 19.9. The number of carbonyl (C=O) groups is 1. The van der Waals surface area contributed by atoms with Gasteiger partial charge in [0.05, 0.1) is 11.7 Å². The lowest BCUT2D eigenvalue weighted by molar-refractivity contribution is -0.117. The Balaban J connectivity index is 1.68. The molecule has 5 atom stereocenters. The third kappa shape index (κ3) is 5.41. The maximum atomic E-state index is 12.2. The number of fused-ring (bicyclic) bond motifs is 1. The molecule has 0 spiro atoms. The summed E-state index contributed by atoms with van der Waals surface area (Å²) in [6, 6.07) is 0. The molecule has 0 radical (unpaired) electrons. The van der Waals surface area contributed by atoms with Crippen molar-refractivity contribution in [2.75, 3.05) is 0 Å². The van der Waals surface area contributed by atoms with E-state index in [2.05, 4.69) is 19.9 Å². The molecule has 0 aromatic heterocycles. The van der Waals surface area contributed by atoms with Gasteiger partial charge in [0.1, 0.15) is 0 Å². The summed E-state index contributed by atoms with van der Waals surface area (Å²) in [6.45, 7) is 8.75. The molecule has 3 saturated carbocycles. The van der Waals surface area contributed by atoms with Crippen LogP contribution in [-0.2, 0) is 4.79 Å². The van der Waals surface area contributed by atoms with Crippen molar-refractivity contribution in [1.29, 1.82) is 0 Å². The summed E-state index contributed by atoms with van der Waals surface area (Å²) in [5.74, 6) is 2.30. The number of aliphatic hydroxyl groups is 2. The molecule has 2 N–H and O–H groups in total. The number of hydrogen-bond acceptors (Lipinski definition) is 3. The third-order valence-corrected chi connectivity index (χ3v) is 8.19. The van der Waals surface area contributed by atoms with Crippen molar-refractivity contribution in [2.24, 2.45) is 23.2 Å². The van der Waals surface area contributed by atoms with Gasteiger partial charge in [-0.05, 0) is 87.5 Å². The number of hydrogen-bond donors (Lipinski definition) is 2. The second-order valence-electron chi connectivity index (χ2n) is 11.0. The van der Waals surface area contributed by atoms with E-state index in [9.17, 15) is 15.0 Å². The Morgan fingerprint density at radius 3 is 2.69 bits per heavy atom. The first-order valence-electron chi connectivity index (χ1n) is 11.9. The van der Waals surface area contributed by atoms with Crippen molar-refractivity contribution >= 4 is 5.78 Å². The molecule has 3 fully saturated rings. The molecule has 3 heteroatoms. The average molecular weight is 403 g/mol. The van der Waals surface area contributed by atoms with Gasteiger partial charge in [-0.15, -0.1) is 0 Å². The maximum Gasteiger partial charge on any atom is 0.159 e. The number of Topliss-reactive ketones (excluding diaryl/α,β-unsaturated/α-hetero) is 1. The van der Waals surface area contributed by atoms with Crippen LogP contribution >= 0.6 is 0 Å². The molecule has 0 bridgehead atoms. The summed E-state index contributed by atoms with van der Waals surface area (Å²) in [6.07, 6.45) is 15.0. The first-order valence-corrected chi connectivity index (χ1v) is 11.9. The van der Waals surface area contributed by atoms with E-state index in [1.807, 2.05) is 19.9 Å². The van der Waals surface area contributed by atoms with Gasteiger partial charge in [0, 0.05) is 12.8 Å². The molecular formula is C26H42O3. The van der Waals surface area contributed by atoms with Gasteiger partial charge in [-0.25, -0.2) is 0 Å². The highest BCUT2D eigenvalue weighted by atomic mass is 16.3. The molecule has 0 unspecified atom stereocenters. The normalized spacial score (nSPS) is 37.2. The summed E-state index contributed by atoms with van der Waals surface area (Å²) >= 11 is 0. The molecule has 0 aliphatic heterocycles. The molecule has 0 heterocycles. The zero-order valence-corrected chi connectivity index (χ0v) is 19.0. The van der Waals surface area contributed by atoms with E-state index in [4.69, 9.17) is 0 Å². The first kappa shape index (κ1) is 22.7. The second-order valence-corrected chi connectivity index (χ2v) is 11.0. The fraction of sp³-hybridized carbons (Fsp3) is 0.808. The second kappa shape index (κ2) is 9.06. The van der Waals surface area contributed by atoms with Crippen LogP contribution in [0.1, 0.15) is 98.3 Å². The standard InChI is InChI=1S/C26H42O3/c1-18(7-5-15-25(2,3)29)22-12-13-23-19(8-6-16-26(22,23)4)9-10-20-17-21(27)11-14-24(20)28/h9-10,18,21-23,27,29H,5-8,11-17H2,1-4H3/b19-9+,20-10+/t18-,21-,22-,23+,26-/m1/s1. The van der Waals surface area contributed by atoms with Crippen molar-refractivity contribution in [3.63, 3.8) is 0 Å². The number of aliphatic hydroxyl groups excluding tert-OH is 1. The van der Waals surface area contributed by atoms with Gasteiger partial charge in [0.2, 0.25) is 0 Å². The van der Waals surface area contributed by atoms with Crippen LogP contribution in [0.15, 0.2) is 23.3 Å². The highest BCUT2D eigenvalue weighted by molar-refractivity contribution is 5.96. The van der Waals surface area contributed by atoms with Crippen molar-refractivity contribution in [3.8, 4) is 0 Å². The molecule has 29 heavy (non-hydrogen) atoms. The lowest BCUT2D eigenvalue weighted by Crippen LogP contribution is -2.36. The van der Waals surface area contributed by atoms with E-state index in [0.29, 0.717) is 36.5 Å². The van der Waals surface area contributed by atoms with Crippen molar-refractivity contribution in [1.82, 2.24) is 0 Å². The largest absolute Gasteiger partial charge is 0.393 e. The van der Waals surface area contributed by atoms with Gasteiger partial charge in [-0.1, -0.05) is 44.4 Å². The Labute approximate surface area is 177 Å². The monoisotopic (exact) mass is 402 g/mol. The van der Waals surface area contributed by atoms with Gasteiger partial charge in [0.25, 0.3) is 0 Å².